The van der Waals surface area contributed by atoms with E-state index in [1.807, 2.05) is 17.8 Å². The molecule has 1 atom stereocenters. The number of nitrogens with one attached hydrogen (secondary N) is 1. The van der Waals surface area contributed by atoms with Gasteiger partial charge in [-0.2, -0.15) is 10.2 Å². The highest BCUT2D eigenvalue weighted by atomic mass is 16.5. The van der Waals surface area contributed by atoms with Gasteiger partial charge in [-0.25, -0.2) is 5.43 Å². The molecule has 19 heavy (non-hydrogen) atoms. The van der Waals surface area contributed by atoms with E-state index >= 15 is 0 Å². The first-order chi connectivity index (χ1) is 9.22. The standard InChI is InChI=1S/C12H20N6O/c1-4-7-18-12(10(19-3)8-15-18)11(16-13)9-5-6-14-17(9)2/h5-6,8,11,16H,4,7,13H2,1-3H3. The molecule has 0 aromatic carbocycles. The molecule has 0 bridgehead atoms. The van der Waals surface area contributed by atoms with E-state index in [0.29, 0.717) is 0 Å². The minimum Gasteiger partial charge on any atom is -0.493 e. The largest absolute Gasteiger partial charge is 0.493 e. The normalized spacial score (nSPS) is 12.6. The molecule has 2 heterocycles. The second-order valence-corrected chi connectivity index (χ2v) is 4.30. The minimum absolute atomic E-state index is 0.212. The van der Waals surface area contributed by atoms with Gasteiger partial charge < -0.3 is 4.74 Å². The summed E-state index contributed by atoms with van der Waals surface area (Å²) in [4.78, 5) is 0. The number of rotatable bonds is 6. The van der Waals surface area contributed by atoms with Crippen LogP contribution in [0.2, 0.25) is 0 Å². The summed E-state index contributed by atoms with van der Waals surface area (Å²) in [7, 11) is 3.51. The smallest absolute Gasteiger partial charge is 0.162 e. The summed E-state index contributed by atoms with van der Waals surface area (Å²) >= 11 is 0. The van der Waals surface area contributed by atoms with Crippen molar-refractivity contribution in [3.8, 4) is 5.75 Å². The first-order valence-electron chi connectivity index (χ1n) is 6.26. The predicted molar refractivity (Wildman–Crippen MR) is 71.4 cm³/mol. The lowest BCUT2D eigenvalue weighted by atomic mass is 10.1. The second-order valence-electron chi connectivity index (χ2n) is 4.30. The highest BCUT2D eigenvalue weighted by Crippen LogP contribution is 2.29. The molecule has 2 aromatic heterocycles. The number of aromatic nitrogens is 4. The summed E-state index contributed by atoms with van der Waals surface area (Å²) in [6.45, 7) is 2.92. The van der Waals surface area contributed by atoms with E-state index < -0.39 is 0 Å². The lowest BCUT2D eigenvalue weighted by molar-refractivity contribution is 0.395. The molecule has 0 fully saturated rings. The zero-order valence-electron chi connectivity index (χ0n) is 11.5. The third kappa shape index (κ3) is 2.47. The SMILES string of the molecule is CCCn1ncc(OC)c1C(NN)c1ccnn1C. The van der Waals surface area contributed by atoms with Crippen molar-refractivity contribution in [2.45, 2.75) is 25.9 Å². The van der Waals surface area contributed by atoms with E-state index in [4.69, 9.17) is 10.6 Å². The van der Waals surface area contributed by atoms with Crippen molar-refractivity contribution in [2.24, 2.45) is 12.9 Å². The number of ether oxygens (including phenoxy) is 1. The Morgan fingerprint density at radius 1 is 1.47 bits per heavy atom. The van der Waals surface area contributed by atoms with E-state index in [1.165, 1.54) is 0 Å². The predicted octanol–water partition coefficient (Wildman–Crippen LogP) is 0.588. The number of hydrazine groups is 1. The summed E-state index contributed by atoms with van der Waals surface area (Å²) in [5.74, 6) is 6.44. The number of nitrogens with two attached hydrogens (primary N) is 1. The quantitative estimate of drug-likeness (QED) is 0.589. The first kappa shape index (κ1) is 13.6. The van der Waals surface area contributed by atoms with Crippen molar-refractivity contribution in [2.75, 3.05) is 7.11 Å². The lowest BCUT2D eigenvalue weighted by Gasteiger charge is -2.19. The van der Waals surface area contributed by atoms with Crippen molar-refractivity contribution in [1.82, 2.24) is 25.0 Å². The number of hydrogen-bond donors (Lipinski definition) is 2. The molecule has 0 aliphatic rings. The molecule has 104 valence electrons. The van der Waals surface area contributed by atoms with Crippen LogP contribution in [-0.4, -0.2) is 26.7 Å². The molecule has 7 heteroatoms. The van der Waals surface area contributed by atoms with Gasteiger partial charge in [-0.1, -0.05) is 6.92 Å². The van der Waals surface area contributed by atoms with Gasteiger partial charge in [0, 0.05) is 19.8 Å². The molecule has 0 amide bonds. The number of aryl methyl sites for hydroxylation is 2. The maximum Gasteiger partial charge on any atom is 0.162 e. The number of nitrogens with zero attached hydrogens (tertiary/aromatic N) is 4. The second kappa shape index (κ2) is 5.85. The van der Waals surface area contributed by atoms with E-state index in [1.54, 1.807) is 24.2 Å². The maximum atomic E-state index is 5.72. The molecular weight excluding hydrogens is 244 g/mol. The van der Waals surface area contributed by atoms with Crippen molar-refractivity contribution in [3.05, 3.63) is 29.8 Å². The van der Waals surface area contributed by atoms with Gasteiger partial charge in [-0.05, 0) is 12.5 Å². The molecule has 0 aliphatic heterocycles. The zero-order chi connectivity index (χ0) is 13.8. The molecular formula is C12H20N6O. The molecule has 0 saturated carbocycles. The molecule has 0 aliphatic carbocycles. The van der Waals surface area contributed by atoms with Crippen LogP contribution >= 0.6 is 0 Å². The van der Waals surface area contributed by atoms with Gasteiger partial charge >= 0.3 is 0 Å². The van der Waals surface area contributed by atoms with E-state index in [9.17, 15) is 0 Å². The fraction of sp³-hybridized carbons (Fsp3) is 0.500. The summed E-state index contributed by atoms with van der Waals surface area (Å²) < 4.78 is 9.08. The Morgan fingerprint density at radius 3 is 2.79 bits per heavy atom. The van der Waals surface area contributed by atoms with E-state index in [0.717, 1.165) is 30.1 Å². The van der Waals surface area contributed by atoms with Gasteiger partial charge in [0.25, 0.3) is 0 Å². The number of methoxy groups -OCH3 is 1. The Labute approximate surface area is 112 Å². The van der Waals surface area contributed by atoms with Gasteiger partial charge in [0.15, 0.2) is 5.75 Å². The topological polar surface area (TPSA) is 82.9 Å². The van der Waals surface area contributed by atoms with Crippen LogP contribution in [0.15, 0.2) is 18.5 Å². The Morgan fingerprint density at radius 2 is 2.26 bits per heavy atom. The van der Waals surface area contributed by atoms with Gasteiger partial charge in [0.1, 0.15) is 11.7 Å². The lowest BCUT2D eigenvalue weighted by Crippen LogP contribution is -2.32. The Bertz CT molecular complexity index is 532. The van der Waals surface area contributed by atoms with Crippen molar-refractivity contribution in [3.63, 3.8) is 0 Å². The summed E-state index contributed by atoms with van der Waals surface area (Å²) in [5.41, 5.74) is 4.69. The first-order valence-corrected chi connectivity index (χ1v) is 6.26. The molecule has 0 spiro atoms. The molecule has 2 aromatic rings. The summed E-state index contributed by atoms with van der Waals surface area (Å²) in [6.07, 6.45) is 4.44. The third-order valence-corrected chi connectivity index (χ3v) is 3.09. The van der Waals surface area contributed by atoms with Crippen molar-refractivity contribution in [1.29, 1.82) is 0 Å². The van der Waals surface area contributed by atoms with Crippen LogP contribution in [0.3, 0.4) is 0 Å². The van der Waals surface area contributed by atoms with Gasteiger partial charge in [0.2, 0.25) is 0 Å². The molecule has 0 radical (unpaired) electrons. The highest BCUT2D eigenvalue weighted by molar-refractivity contribution is 5.33. The average Bonchev–Trinajstić information content (AvgIpc) is 3.00. The van der Waals surface area contributed by atoms with Crippen molar-refractivity contribution < 1.29 is 4.74 Å². The molecule has 0 saturated heterocycles. The van der Waals surface area contributed by atoms with Crippen LogP contribution in [0, 0.1) is 0 Å². The van der Waals surface area contributed by atoms with Gasteiger partial charge in [-0.3, -0.25) is 15.2 Å². The van der Waals surface area contributed by atoms with Crippen LogP contribution in [0.25, 0.3) is 0 Å². The third-order valence-electron chi connectivity index (χ3n) is 3.09. The fourth-order valence-electron chi connectivity index (χ4n) is 2.19. The van der Waals surface area contributed by atoms with Crippen LogP contribution in [0.5, 0.6) is 5.75 Å². The highest BCUT2D eigenvalue weighted by Gasteiger charge is 2.24. The number of hydrogen-bond acceptors (Lipinski definition) is 5. The average molecular weight is 264 g/mol. The van der Waals surface area contributed by atoms with Gasteiger partial charge in [-0.15, -0.1) is 0 Å². The molecule has 7 nitrogen and oxygen atoms in total. The Hall–Kier alpha value is -1.86. The van der Waals surface area contributed by atoms with E-state index in [-0.39, 0.29) is 6.04 Å². The maximum absolute atomic E-state index is 5.72. The van der Waals surface area contributed by atoms with Crippen molar-refractivity contribution >= 4 is 0 Å². The van der Waals surface area contributed by atoms with E-state index in [2.05, 4.69) is 22.5 Å². The van der Waals surface area contributed by atoms with Crippen LogP contribution in [0.1, 0.15) is 30.8 Å². The Balaban J connectivity index is 2.48. The molecule has 3 N–H and O–H groups in total. The fourth-order valence-corrected chi connectivity index (χ4v) is 2.19. The van der Waals surface area contributed by atoms with Crippen LogP contribution < -0.4 is 16.0 Å². The monoisotopic (exact) mass is 264 g/mol. The molecule has 2 rings (SSSR count). The Kier molecular flexibility index (Phi) is 4.18. The minimum atomic E-state index is -0.212. The zero-order valence-corrected chi connectivity index (χ0v) is 11.5. The molecule has 1 unspecified atom stereocenters. The van der Waals surface area contributed by atoms with Crippen LogP contribution in [0.4, 0.5) is 0 Å². The summed E-state index contributed by atoms with van der Waals surface area (Å²) in [5, 5.41) is 8.53. The van der Waals surface area contributed by atoms with Crippen LogP contribution in [-0.2, 0) is 13.6 Å². The summed E-state index contributed by atoms with van der Waals surface area (Å²) in [6, 6.07) is 1.71. The van der Waals surface area contributed by atoms with Gasteiger partial charge in [0.05, 0.1) is 19.0 Å².